The minimum atomic E-state index is 0.111. The van der Waals surface area contributed by atoms with Crippen molar-refractivity contribution in [2.45, 2.75) is 78.3 Å². The lowest BCUT2D eigenvalue weighted by Crippen LogP contribution is -2.60. The van der Waals surface area contributed by atoms with Crippen molar-refractivity contribution in [3.8, 4) is 0 Å². The van der Waals surface area contributed by atoms with E-state index < -0.39 is 0 Å². The Kier molecular flexibility index (Phi) is 4.30. The minimum absolute atomic E-state index is 0.111. The smallest absolute Gasteiger partial charge is 0.243 e. The van der Waals surface area contributed by atoms with Gasteiger partial charge in [-0.3, -0.25) is 4.79 Å². The average molecular weight is 345 g/mol. The molecule has 4 rings (SSSR count). The van der Waals surface area contributed by atoms with E-state index in [1.54, 1.807) is 6.08 Å². The third-order valence-electron chi connectivity index (χ3n) is 8.46. The summed E-state index contributed by atoms with van der Waals surface area (Å²) < 4.78 is 0. The van der Waals surface area contributed by atoms with E-state index in [-0.39, 0.29) is 11.3 Å². The summed E-state index contributed by atoms with van der Waals surface area (Å²) in [6, 6.07) is 1.06. The summed E-state index contributed by atoms with van der Waals surface area (Å²) >= 11 is 0. The van der Waals surface area contributed by atoms with Gasteiger partial charge in [0.2, 0.25) is 5.91 Å². The monoisotopic (exact) mass is 344 g/mol. The molecule has 0 aromatic carbocycles. The van der Waals surface area contributed by atoms with Gasteiger partial charge in [0.15, 0.2) is 0 Å². The first-order valence-electron chi connectivity index (χ1n) is 10.6. The van der Waals surface area contributed by atoms with E-state index in [0.29, 0.717) is 17.5 Å². The predicted molar refractivity (Wildman–Crippen MR) is 102 cm³/mol. The molecule has 140 valence electrons. The van der Waals surface area contributed by atoms with Gasteiger partial charge >= 0.3 is 0 Å². The highest BCUT2D eigenvalue weighted by Gasteiger charge is 2.59. The van der Waals surface area contributed by atoms with Crippen LogP contribution < -0.4 is 10.6 Å². The molecule has 7 atom stereocenters. The molecule has 0 aromatic heterocycles. The van der Waals surface area contributed by atoms with Crippen LogP contribution in [0.25, 0.3) is 0 Å². The van der Waals surface area contributed by atoms with Crippen LogP contribution in [-0.4, -0.2) is 24.5 Å². The summed E-state index contributed by atoms with van der Waals surface area (Å²) in [7, 11) is 0. The van der Waals surface area contributed by atoms with Crippen molar-refractivity contribution in [1.82, 2.24) is 10.6 Å². The highest BCUT2D eigenvalue weighted by atomic mass is 16.1. The zero-order valence-corrected chi connectivity index (χ0v) is 16.5. The molecule has 3 aliphatic carbocycles. The zero-order chi connectivity index (χ0) is 17.8. The molecule has 3 heteroatoms. The molecule has 0 radical (unpaired) electrons. The summed E-state index contributed by atoms with van der Waals surface area (Å²) in [5, 5.41) is 7.18. The largest absolute Gasteiger partial charge is 0.349 e. The number of hydrogen-bond acceptors (Lipinski definition) is 2. The molecule has 3 saturated carbocycles. The van der Waals surface area contributed by atoms with Crippen molar-refractivity contribution in [3.05, 3.63) is 12.2 Å². The van der Waals surface area contributed by atoms with E-state index in [0.717, 1.165) is 36.6 Å². The van der Waals surface area contributed by atoms with Crippen LogP contribution in [0.2, 0.25) is 0 Å². The first-order chi connectivity index (χ1) is 11.8. The maximum Gasteiger partial charge on any atom is 0.243 e. The van der Waals surface area contributed by atoms with E-state index in [9.17, 15) is 4.79 Å². The molecule has 1 amide bonds. The van der Waals surface area contributed by atoms with Gasteiger partial charge in [-0.15, -0.1) is 0 Å². The number of carbonyl (C=O) groups excluding carboxylic acids is 1. The first kappa shape index (κ1) is 17.6. The SMILES string of the molecule is CC(C)CNC1CC[C@H]2[C@@H]3CCC4NC(=O)C=C[C@]4(C)[C@@H]3CC[C@]12C. The number of nitrogens with one attached hydrogen (secondary N) is 2. The van der Waals surface area contributed by atoms with Crippen LogP contribution in [0, 0.1) is 34.5 Å². The Labute approximate surface area is 153 Å². The van der Waals surface area contributed by atoms with Crippen LogP contribution in [0.1, 0.15) is 66.2 Å². The van der Waals surface area contributed by atoms with E-state index >= 15 is 0 Å². The van der Waals surface area contributed by atoms with Crippen LogP contribution in [0.3, 0.4) is 0 Å². The normalized spacial score (nSPS) is 48.7. The Hall–Kier alpha value is -0.830. The molecule has 0 aromatic rings. The van der Waals surface area contributed by atoms with Crippen molar-refractivity contribution in [3.63, 3.8) is 0 Å². The third-order valence-corrected chi connectivity index (χ3v) is 8.46. The predicted octanol–water partition coefficient (Wildman–Crippen LogP) is 3.90. The van der Waals surface area contributed by atoms with Gasteiger partial charge in [0.05, 0.1) is 0 Å². The second-order valence-electron chi connectivity index (χ2n) is 10.2. The van der Waals surface area contributed by atoms with Crippen LogP contribution in [0.15, 0.2) is 12.2 Å². The summed E-state index contributed by atoms with van der Waals surface area (Å²) in [6.45, 7) is 10.8. The number of carbonyl (C=O) groups is 1. The summed E-state index contributed by atoms with van der Waals surface area (Å²) in [4.78, 5) is 11.8. The van der Waals surface area contributed by atoms with Gasteiger partial charge in [-0.25, -0.2) is 0 Å². The van der Waals surface area contributed by atoms with Crippen molar-refractivity contribution in [2.75, 3.05) is 6.54 Å². The van der Waals surface area contributed by atoms with Crippen molar-refractivity contribution < 1.29 is 4.79 Å². The number of fused-ring (bicyclic) bond motifs is 5. The number of rotatable bonds is 3. The van der Waals surface area contributed by atoms with Gasteiger partial charge in [0.25, 0.3) is 0 Å². The molecule has 3 nitrogen and oxygen atoms in total. The lowest BCUT2D eigenvalue weighted by Gasteiger charge is -2.59. The molecule has 0 bridgehead atoms. The van der Waals surface area contributed by atoms with Crippen molar-refractivity contribution in [1.29, 1.82) is 0 Å². The second kappa shape index (κ2) is 6.11. The van der Waals surface area contributed by atoms with E-state index in [1.807, 2.05) is 0 Å². The molecular formula is C22H36N2O. The zero-order valence-electron chi connectivity index (χ0n) is 16.5. The van der Waals surface area contributed by atoms with Gasteiger partial charge in [0, 0.05) is 17.5 Å². The van der Waals surface area contributed by atoms with Gasteiger partial charge in [0.1, 0.15) is 0 Å². The van der Waals surface area contributed by atoms with Gasteiger partial charge in [-0.05, 0) is 80.2 Å². The van der Waals surface area contributed by atoms with Gasteiger partial charge in [-0.1, -0.05) is 33.8 Å². The Balaban J connectivity index is 1.56. The fraction of sp³-hybridized carbons (Fsp3) is 0.864. The molecule has 2 unspecified atom stereocenters. The lowest BCUT2D eigenvalue weighted by atomic mass is 9.48. The fourth-order valence-corrected chi connectivity index (χ4v) is 7.05. The third kappa shape index (κ3) is 2.69. The van der Waals surface area contributed by atoms with E-state index in [1.165, 1.54) is 32.1 Å². The molecular weight excluding hydrogens is 308 g/mol. The first-order valence-corrected chi connectivity index (χ1v) is 10.6. The second-order valence-corrected chi connectivity index (χ2v) is 10.2. The Morgan fingerprint density at radius 3 is 2.72 bits per heavy atom. The fourth-order valence-electron chi connectivity index (χ4n) is 7.05. The molecule has 4 aliphatic rings. The molecule has 0 saturated heterocycles. The maximum absolute atomic E-state index is 11.8. The highest BCUT2D eigenvalue weighted by Crippen LogP contribution is 2.63. The van der Waals surface area contributed by atoms with Gasteiger partial charge in [-0.2, -0.15) is 0 Å². The number of hydrogen-bond donors (Lipinski definition) is 2. The van der Waals surface area contributed by atoms with E-state index in [4.69, 9.17) is 0 Å². The highest BCUT2D eigenvalue weighted by molar-refractivity contribution is 5.89. The summed E-state index contributed by atoms with van der Waals surface area (Å²) in [6.07, 6.45) is 11.9. The average Bonchev–Trinajstić information content (AvgIpc) is 2.90. The van der Waals surface area contributed by atoms with Crippen molar-refractivity contribution in [2.24, 2.45) is 34.5 Å². The van der Waals surface area contributed by atoms with Gasteiger partial charge < -0.3 is 10.6 Å². The van der Waals surface area contributed by atoms with Crippen molar-refractivity contribution >= 4 is 5.91 Å². The Morgan fingerprint density at radius 1 is 1.16 bits per heavy atom. The Morgan fingerprint density at radius 2 is 1.96 bits per heavy atom. The number of amides is 1. The summed E-state index contributed by atoms with van der Waals surface area (Å²) in [5.41, 5.74) is 0.641. The quantitative estimate of drug-likeness (QED) is 0.815. The molecule has 25 heavy (non-hydrogen) atoms. The molecule has 3 fully saturated rings. The maximum atomic E-state index is 11.8. The van der Waals surface area contributed by atoms with Crippen LogP contribution in [0.5, 0.6) is 0 Å². The minimum Gasteiger partial charge on any atom is -0.349 e. The topological polar surface area (TPSA) is 41.1 Å². The molecule has 1 heterocycles. The van der Waals surface area contributed by atoms with E-state index in [2.05, 4.69) is 44.4 Å². The Bertz CT molecular complexity index is 570. The van der Waals surface area contributed by atoms with Crippen LogP contribution in [-0.2, 0) is 4.79 Å². The standard InChI is InChI=1S/C22H36N2O/c1-14(2)13-23-18-8-6-16-15-5-7-19-22(4,12-10-20(25)24-19)17(15)9-11-21(16,18)3/h10,12,14-19,23H,5-9,11,13H2,1-4H3,(H,24,25)/t15-,16-,17+,18?,19?,21-,22+/m0/s1. The van der Waals surface area contributed by atoms with Crippen LogP contribution in [0.4, 0.5) is 0 Å². The molecule has 2 N–H and O–H groups in total. The lowest BCUT2D eigenvalue weighted by molar-refractivity contribution is -0.122. The molecule has 1 aliphatic heterocycles. The summed E-state index contributed by atoms with van der Waals surface area (Å²) in [5.74, 6) is 3.28. The van der Waals surface area contributed by atoms with Crippen LogP contribution >= 0.6 is 0 Å². The molecule has 0 spiro atoms.